The van der Waals surface area contributed by atoms with Crippen LogP contribution >= 0.6 is 11.6 Å². The van der Waals surface area contributed by atoms with Gasteiger partial charge in [-0.1, -0.05) is 41.4 Å². The number of nitrogens with one attached hydrogen (secondary N) is 2. The maximum absolute atomic E-state index is 12.5. The van der Waals surface area contributed by atoms with Crippen molar-refractivity contribution in [2.45, 2.75) is 24.8 Å². The fraction of sp³-hybridized carbons (Fsp3) is 0.136. The molecule has 0 saturated carbocycles. The fourth-order valence-corrected chi connectivity index (χ4v) is 3.92. The normalized spacial score (nSPS) is 12.2. The van der Waals surface area contributed by atoms with Gasteiger partial charge in [0.15, 0.2) is 0 Å². The molecule has 5 nitrogen and oxygen atoms in total. The first-order chi connectivity index (χ1) is 13.7. The lowest BCUT2D eigenvalue weighted by atomic mass is 10.1. The minimum absolute atomic E-state index is 0.107. The van der Waals surface area contributed by atoms with Gasteiger partial charge >= 0.3 is 0 Å². The van der Waals surface area contributed by atoms with Crippen molar-refractivity contribution < 1.29 is 13.2 Å². The SMILES string of the molecule is Cc1ccc([C@H](C)NC(=O)c2ccc(NS(=O)(=O)c3ccc(Cl)cc3)cc2)cc1. The number of aryl methyl sites for hydroxylation is 1. The lowest BCUT2D eigenvalue weighted by Gasteiger charge is -2.15. The molecule has 0 spiro atoms. The predicted octanol–water partition coefficient (Wildman–Crippen LogP) is 4.94. The Balaban J connectivity index is 1.67. The van der Waals surface area contributed by atoms with E-state index >= 15 is 0 Å². The Morgan fingerprint density at radius 1 is 0.897 bits per heavy atom. The van der Waals surface area contributed by atoms with Crippen LogP contribution in [0.25, 0.3) is 0 Å². The van der Waals surface area contributed by atoms with Crippen molar-refractivity contribution in [2.24, 2.45) is 0 Å². The van der Waals surface area contributed by atoms with Crippen LogP contribution in [0.15, 0.2) is 77.7 Å². The second-order valence-corrected chi connectivity index (χ2v) is 8.86. The number of sulfonamides is 1. The molecular formula is C22H21ClN2O3S. The number of hydrogen-bond donors (Lipinski definition) is 2. The van der Waals surface area contributed by atoms with Crippen LogP contribution in [0.3, 0.4) is 0 Å². The Labute approximate surface area is 175 Å². The molecule has 0 aliphatic heterocycles. The highest BCUT2D eigenvalue weighted by Gasteiger charge is 2.15. The number of halogens is 1. The van der Waals surface area contributed by atoms with Crippen molar-refractivity contribution in [3.8, 4) is 0 Å². The van der Waals surface area contributed by atoms with Crippen molar-refractivity contribution >= 4 is 33.2 Å². The molecule has 0 saturated heterocycles. The highest BCUT2D eigenvalue weighted by Crippen LogP contribution is 2.19. The van der Waals surface area contributed by atoms with Crippen LogP contribution in [0.5, 0.6) is 0 Å². The quantitative estimate of drug-likeness (QED) is 0.583. The Morgan fingerprint density at radius 2 is 1.48 bits per heavy atom. The van der Waals surface area contributed by atoms with E-state index in [1.54, 1.807) is 24.3 Å². The summed E-state index contributed by atoms with van der Waals surface area (Å²) >= 11 is 5.80. The number of rotatable bonds is 6. The van der Waals surface area contributed by atoms with Crippen molar-refractivity contribution in [3.05, 3.63) is 94.5 Å². The van der Waals surface area contributed by atoms with E-state index in [2.05, 4.69) is 10.0 Å². The zero-order chi connectivity index (χ0) is 21.0. The third kappa shape index (κ3) is 5.37. The zero-order valence-corrected chi connectivity index (χ0v) is 17.6. The van der Waals surface area contributed by atoms with Crippen LogP contribution in [0.2, 0.25) is 5.02 Å². The molecular weight excluding hydrogens is 408 g/mol. The van der Waals surface area contributed by atoms with Gasteiger partial charge < -0.3 is 5.32 Å². The largest absolute Gasteiger partial charge is 0.346 e. The lowest BCUT2D eigenvalue weighted by Crippen LogP contribution is -2.26. The average Bonchev–Trinajstić information content (AvgIpc) is 2.69. The molecule has 1 amide bonds. The first-order valence-corrected chi connectivity index (χ1v) is 10.9. The predicted molar refractivity (Wildman–Crippen MR) is 116 cm³/mol. The summed E-state index contributed by atoms with van der Waals surface area (Å²) in [6, 6.07) is 20.0. The Morgan fingerprint density at radius 3 is 2.07 bits per heavy atom. The lowest BCUT2D eigenvalue weighted by molar-refractivity contribution is 0.0940. The Hall–Kier alpha value is -2.83. The van der Waals surface area contributed by atoms with Gasteiger partial charge in [0.2, 0.25) is 0 Å². The number of hydrogen-bond acceptors (Lipinski definition) is 3. The van der Waals surface area contributed by atoms with E-state index in [9.17, 15) is 13.2 Å². The van der Waals surface area contributed by atoms with Gasteiger partial charge in [-0.05, 0) is 67.9 Å². The summed E-state index contributed by atoms with van der Waals surface area (Å²) in [5, 5.41) is 3.40. The van der Waals surface area contributed by atoms with E-state index in [4.69, 9.17) is 11.6 Å². The highest BCUT2D eigenvalue weighted by atomic mass is 35.5. The number of anilines is 1. The molecule has 0 bridgehead atoms. The first-order valence-electron chi connectivity index (χ1n) is 9.00. The minimum atomic E-state index is -3.73. The van der Waals surface area contributed by atoms with Crippen molar-refractivity contribution in [1.29, 1.82) is 0 Å². The molecule has 0 heterocycles. The summed E-state index contributed by atoms with van der Waals surface area (Å²) in [5.74, 6) is -0.231. The summed E-state index contributed by atoms with van der Waals surface area (Å²) in [6.07, 6.45) is 0. The molecule has 7 heteroatoms. The summed E-state index contributed by atoms with van der Waals surface area (Å²) in [7, 11) is -3.73. The van der Waals surface area contributed by atoms with Crippen LogP contribution in [0.1, 0.15) is 34.5 Å². The van der Waals surface area contributed by atoms with Crippen molar-refractivity contribution in [3.63, 3.8) is 0 Å². The van der Waals surface area contributed by atoms with Crippen LogP contribution in [-0.4, -0.2) is 14.3 Å². The molecule has 0 aliphatic carbocycles. The Kier molecular flexibility index (Phi) is 6.25. The molecule has 1 atom stereocenters. The number of benzene rings is 3. The van der Waals surface area contributed by atoms with Gasteiger partial charge in [-0.2, -0.15) is 0 Å². The van der Waals surface area contributed by atoms with Gasteiger partial charge in [0.05, 0.1) is 10.9 Å². The van der Waals surface area contributed by atoms with E-state index in [0.29, 0.717) is 16.3 Å². The first kappa shape index (κ1) is 20.9. The third-order valence-corrected chi connectivity index (χ3v) is 6.10. The minimum Gasteiger partial charge on any atom is -0.346 e. The molecule has 3 aromatic rings. The van der Waals surface area contributed by atoms with Gasteiger partial charge in [0, 0.05) is 16.3 Å². The fourth-order valence-electron chi connectivity index (χ4n) is 2.74. The van der Waals surface area contributed by atoms with E-state index in [-0.39, 0.29) is 16.8 Å². The highest BCUT2D eigenvalue weighted by molar-refractivity contribution is 7.92. The maximum Gasteiger partial charge on any atom is 0.261 e. The molecule has 3 aromatic carbocycles. The Bertz CT molecular complexity index is 1090. The van der Waals surface area contributed by atoms with Crippen LogP contribution < -0.4 is 10.0 Å². The van der Waals surface area contributed by atoms with Crippen LogP contribution in [0, 0.1) is 6.92 Å². The van der Waals surface area contributed by atoms with Gasteiger partial charge in [0.25, 0.3) is 15.9 Å². The summed E-state index contributed by atoms with van der Waals surface area (Å²) in [6.45, 7) is 3.92. The van der Waals surface area contributed by atoms with Crippen LogP contribution in [-0.2, 0) is 10.0 Å². The molecule has 3 rings (SSSR count). The van der Waals surface area contributed by atoms with E-state index in [1.807, 2.05) is 38.1 Å². The molecule has 0 aliphatic rings. The van der Waals surface area contributed by atoms with E-state index in [0.717, 1.165) is 11.1 Å². The molecule has 0 radical (unpaired) electrons. The van der Waals surface area contributed by atoms with Gasteiger partial charge in [-0.25, -0.2) is 8.42 Å². The topological polar surface area (TPSA) is 75.3 Å². The third-order valence-electron chi connectivity index (χ3n) is 4.45. The maximum atomic E-state index is 12.5. The van der Waals surface area contributed by atoms with Crippen LogP contribution in [0.4, 0.5) is 5.69 Å². The summed E-state index contributed by atoms with van der Waals surface area (Å²) in [4.78, 5) is 12.6. The molecule has 29 heavy (non-hydrogen) atoms. The molecule has 150 valence electrons. The standard InChI is InChI=1S/C22H21ClN2O3S/c1-15-3-5-17(6-4-15)16(2)24-22(26)18-7-11-20(12-8-18)25-29(27,28)21-13-9-19(23)10-14-21/h3-14,16,25H,1-2H3,(H,24,26)/t16-/m0/s1. The van der Waals surface area contributed by atoms with Gasteiger partial charge in [0.1, 0.15) is 0 Å². The molecule has 2 N–H and O–H groups in total. The molecule has 0 unspecified atom stereocenters. The number of carbonyl (C=O) groups excluding carboxylic acids is 1. The van der Waals surface area contributed by atoms with Crippen molar-refractivity contribution in [2.75, 3.05) is 4.72 Å². The smallest absolute Gasteiger partial charge is 0.261 e. The molecule has 0 aromatic heterocycles. The molecule has 0 fully saturated rings. The summed E-state index contributed by atoms with van der Waals surface area (Å²) < 4.78 is 27.3. The van der Waals surface area contributed by atoms with E-state index < -0.39 is 10.0 Å². The average molecular weight is 429 g/mol. The second-order valence-electron chi connectivity index (χ2n) is 6.74. The zero-order valence-electron chi connectivity index (χ0n) is 16.0. The number of amides is 1. The number of carbonyl (C=O) groups is 1. The monoisotopic (exact) mass is 428 g/mol. The van der Waals surface area contributed by atoms with Gasteiger partial charge in [-0.3, -0.25) is 9.52 Å². The van der Waals surface area contributed by atoms with Gasteiger partial charge in [-0.15, -0.1) is 0 Å². The summed E-state index contributed by atoms with van der Waals surface area (Å²) in [5.41, 5.74) is 2.97. The van der Waals surface area contributed by atoms with E-state index in [1.165, 1.54) is 24.3 Å². The van der Waals surface area contributed by atoms with Crippen molar-refractivity contribution in [1.82, 2.24) is 5.32 Å². The second kappa shape index (κ2) is 8.68.